The summed E-state index contributed by atoms with van der Waals surface area (Å²) in [4.78, 5) is 14.7. The number of nitrogens with one attached hydrogen (secondary N) is 1. The predicted molar refractivity (Wildman–Crippen MR) is 113 cm³/mol. The van der Waals surface area contributed by atoms with Gasteiger partial charge in [-0.15, -0.1) is 5.10 Å². The molecule has 1 aromatic carbocycles. The van der Waals surface area contributed by atoms with Crippen LogP contribution in [-0.4, -0.2) is 79.7 Å². The van der Waals surface area contributed by atoms with Crippen molar-refractivity contribution < 1.29 is 14.4 Å². The summed E-state index contributed by atoms with van der Waals surface area (Å²) in [5.41, 5.74) is 1.08. The molecule has 1 aliphatic rings. The van der Waals surface area contributed by atoms with Gasteiger partial charge in [-0.2, -0.15) is 11.8 Å². The predicted octanol–water partition coefficient (Wildman–Crippen LogP) is 2.21. The molecule has 2 unspecified atom stereocenters. The Hall–Kier alpha value is -2.23. The molecule has 1 fully saturated rings. The van der Waals surface area contributed by atoms with Gasteiger partial charge in [0.1, 0.15) is 12.7 Å². The number of aliphatic hydroxyl groups is 1. The second-order valence-electron chi connectivity index (χ2n) is 7.47. The SMILES string of the molecule is C[N+]1(/C=C/C(O)Cc2ccccc2)CCN(CCCCSCc2nnn[nH]2)C1=O. The molecule has 2 heterocycles. The van der Waals surface area contributed by atoms with Gasteiger partial charge in [-0.05, 0) is 40.7 Å². The minimum atomic E-state index is -0.592. The number of thioether (sulfide) groups is 1. The van der Waals surface area contributed by atoms with Crippen LogP contribution in [0.2, 0.25) is 0 Å². The van der Waals surface area contributed by atoms with Crippen LogP contribution in [0.5, 0.6) is 0 Å². The minimum Gasteiger partial charge on any atom is -0.388 e. The highest BCUT2D eigenvalue weighted by molar-refractivity contribution is 7.98. The lowest BCUT2D eigenvalue weighted by molar-refractivity contribution is -0.766. The van der Waals surface area contributed by atoms with E-state index in [9.17, 15) is 9.90 Å². The lowest BCUT2D eigenvalue weighted by Gasteiger charge is -2.22. The first-order chi connectivity index (χ1) is 14.1. The van der Waals surface area contributed by atoms with Crippen LogP contribution >= 0.6 is 11.8 Å². The largest absolute Gasteiger partial charge is 0.423 e. The number of aliphatic hydroxyl groups excluding tert-OH is 1. The molecule has 29 heavy (non-hydrogen) atoms. The summed E-state index contributed by atoms with van der Waals surface area (Å²) in [6.45, 7) is 2.27. The van der Waals surface area contributed by atoms with E-state index in [2.05, 4.69) is 20.6 Å². The van der Waals surface area contributed by atoms with Crippen LogP contribution < -0.4 is 0 Å². The lowest BCUT2D eigenvalue weighted by atomic mass is 10.1. The molecule has 0 saturated carbocycles. The van der Waals surface area contributed by atoms with Crippen molar-refractivity contribution in [3.05, 3.63) is 54.0 Å². The Balaban J connectivity index is 1.37. The second kappa shape index (κ2) is 10.5. The smallest absolute Gasteiger partial charge is 0.388 e. The number of unbranched alkanes of at least 4 members (excludes halogenated alkanes) is 1. The van der Waals surface area contributed by atoms with E-state index in [1.54, 1.807) is 17.8 Å². The van der Waals surface area contributed by atoms with Crippen LogP contribution in [0.3, 0.4) is 0 Å². The molecule has 0 aliphatic carbocycles. The van der Waals surface area contributed by atoms with Gasteiger partial charge in [-0.25, -0.2) is 14.4 Å². The van der Waals surface area contributed by atoms with E-state index in [4.69, 9.17) is 0 Å². The summed E-state index contributed by atoms with van der Waals surface area (Å²) in [5.74, 6) is 2.58. The number of rotatable bonds is 11. The van der Waals surface area contributed by atoms with Crippen molar-refractivity contribution in [3.63, 3.8) is 0 Å². The van der Waals surface area contributed by atoms with E-state index < -0.39 is 6.10 Å². The molecule has 2 aromatic rings. The zero-order chi connectivity index (χ0) is 20.5. The molecule has 1 saturated heterocycles. The molecule has 0 bridgehead atoms. The normalized spacial score (nSPS) is 20.6. The Morgan fingerprint density at radius 2 is 2.17 bits per heavy atom. The monoisotopic (exact) mass is 417 g/mol. The number of tetrazole rings is 1. The molecule has 3 rings (SSSR count). The molecule has 2 N–H and O–H groups in total. The van der Waals surface area contributed by atoms with Crippen molar-refractivity contribution in [1.29, 1.82) is 0 Å². The van der Waals surface area contributed by atoms with Crippen LogP contribution in [0.25, 0.3) is 0 Å². The van der Waals surface area contributed by atoms with Crippen molar-refractivity contribution in [1.82, 2.24) is 25.5 Å². The third kappa shape index (κ3) is 6.38. The summed E-state index contributed by atoms with van der Waals surface area (Å²) in [6.07, 6.45) is 5.59. The van der Waals surface area contributed by atoms with Crippen LogP contribution in [0, 0.1) is 0 Å². The molecule has 0 radical (unpaired) electrons. The highest BCUT2D eigenvalue weighted by atomic mass is 32.2. The number of aromatic amines is 1. The number of hydrogen-bond acceptors (Lipinski definition) is 6. The van der Waals surface area contributed by atoms with Gasteiger partial charge in [0, 0.05) is 13.0 Å². The van der Waals surface area contributed by atoms with Gasteiger partial charge in [-0.3, -0.25) is 4.90 Å². The van der Waals surface area contributed by atoms with Crippen molar-refractivity contribution in [2.45, 2.75) is 31.1 Å². The van der Waals surface area contributed by atoms with E-state index in [1.165, 1.54) is 0 Å². The van der Waals surface area contributed by atoms with Gasteiger partial charge in [0.05, 0.1) is 25.4 Å². The molecule has 156 valence electrons. The Labute approximate surface area is 175 Å². The second-order valence-corrected chi connectivity index (χ2v) is 8.57. The maximum atomic E-state index is 12.8. The van der Waals surface area contributed by atoms with Gasteiger partial charge < -0.3 is 5.11 Å². The van der Waals surface area contributed by atoms with Crippen LogP contribution in [0.4, 0.5) is 4.79 Å². The number of likely N-dealkylation sites (N-methyl/N-ethyl adjacent to an activating group) is 1. The summed E-state index contributed by atoms with van der Waals surface area (Å²) >= 11 is 1.79. The summed E-state index contributed by atoms with van der Waals surface area (Å²) in [7, 11) is 1.91. The number of carbonyl (C=O) groups is 1. The van der Waals surface area contributed by atoms with Crippen LogP contribution in [-0.2, 0) is 12.2 Å². The molecule has 0 spiro atoms. The fourth-order valence-electron chi connectivity index (χ4n) is 3.32. The Bertz CT molecular complexity index is 786. The number of hydrogen-bond donors (Lipinski definition) is 2. The average molecular weight is 418 g/mol. The molecule has 2 atom stereocenters. The Kier molecular flexibility index (Phi) is 7.79. The maximum Gasteiger partial charge on any atom is 0.423 e. The third-order valence-electron chi connectivity index (χ3n) is 5.06. The maximum absolute atomic E-state index is 12.8. The van der Waals surface area contributed by atoms with Gasteiger partial charge in [-0.1, -0.05) is 30.3 Å². The van der Waals surface area contributed by atoms with Crippen molar-refractivity contribution >= 4 is 17.8 Å². The number of benzene rings is 1. The topological polar surface area (TPSA) is 95.0 Å². The number of H-pyrrole nitrogens is 1. The first-order valence-electron chi connectivity index (χ1n) is 9.93. The molecular weight excluding hydrogens is 388 g/mol. The molecule has 1 aromatic heterocycles. The number of amides is 2. The molecule has 2 amide bonds. The molecule has 9 heteroatoms. The van der Waals surface area contributed by atoms with Crippen LogP contribution in [0.1, 0.15) is 24.2 Å². The van der Waals surface area contributed by atoms with Gasteiger partial charge in [0.15, 0.2) is 5.82 Å². The zero-order valence-corrected chi connectivity index (χ0v) is 17.6. The fraction of sp³-hybridized carbons (Fsp3) is 0.500. The summed E-state index contributed by atoms with van der Waals surface area (Å²) in [6, 6.07) is 9.99. The number of urea groups is 1. The van der Waals surface area contributed by atoms with Crippen molar-refractivity contribution in [3.8, 4) is 0 Å². The average Bonchev–Trinajstić information content (AvgIpc) is 3.34. The van der Waals surface area contributed by atoms with Gasteiger partial charge in [0.2, 0.25) is 0 Å². The number of carbonyl (C=O) groups excluding carboxylic acids is 1. The fourth-order valence-corrected chi connectivity index (χ4v) is 4.19. The van der Waals surface area contributed by atoms with E-state index in [1.807, 2.05) is 48.5 Å². The quantitative estimate of drug-likeness (QED) is 0.430. The minimum absolute atomic E-state index is 0.105. The first kappa shape index (κ1) is 21.5. The third-order valence-corrected chi connectivity index (χ3v) is 6.12. The van der Waals surface area contributed by atoms with E-state index in [-0.39, 0.29) is 10.5 Å². The zero-order valence-electron chi connectivity index (χ0n) is 16.8. The molecule has 8 nitrogen and oxygen atoms in total. The number of quaternary nitrogens is 1. The number of aromatic nitrogens is 4. The first-order valence-corrected chi connectivity index (χ1v) is 11.1. The van der Waals surface area contributed by atoms with Crippen LogP contribution in [0.15, 0.2) is 42.6 Å². The summed E-state index contributed by atoms with van der Waals surface area (Å²) in [5, 5.41) is 24.0. The van der Waals surface area contributed by atoms with E-state index in [0.29, 0.717) is 6.42 Å². The summed E-state index contributed by atoms with van der Waals surface area (Å²) < 4.78 is 0.221. The van der Waals surface area contributed by atoms with Crippen molar-refractivity contribution in [2.75, 3.05) is 32.4 Å². The van der Waals surface area contributed by atoms with E-state index in [0.717, 1.165) is 55.4 Å². The van der Waals surface area contributed by atoms with E-state index >= 15 is 0 Å². The molecule has 1 aliphatic heterocycles. The Morgan fingerprint density at radius 1 is 1.34 bits per heavy atom. The molecular formula is C20H29N6O2S+. The van der Waals surface area contributed by atoms with Crippen molar-refractivity contribution in [2.24, 2.45) is 0 Å². The Morgan fingerprint density at radius 3 is 2.93 bits per heavy atom. The highest BCUT2D eigenvalue weighted by Gasteiger charge is 2.41. The number of nitrogens with zero attached hydrogens (tertiary/aromatic N) is 5. The lowest BCUT2D eigenvalue weighted by Crippen LogP contribution is -2.43. The van der Waals surface area contributed by atoms with Gasteiger partial charge >= 0.3 is 6.03 Å². The highest BCUT2D eigenvalue weighted by Crippen LogP contribution is 2.19. The van der Waals surface area contributed by atoms with Gasteiger partial charge in [0.25, 0.3) is 0 Å². The standard InChI is InChI=1S/C20H29N6O2S/c1-26(12-9-18(27)15-17-7-3-2-4-8-17)13-11-25(20(26)28)10-5-6-14-29-16-19-21-23-24-22-19/h2-4,7-9,12,18,27H,5-6,10-11,13-16H2,1H3,(H,21,22,23,24)/q+1/b12-9+.